The van der Waals surface area contributed by atoms with E-state index in [9.17, 15) is 4.39 Å². The summed E-state index contributed by atoms with van der Waals surface area (Å²) in [5, 5.41) is 8.70. The highest BCUT2D eigenvalue weighted by Gasteiger charge is 2.19. The van der Waals surface area contributed by atoms with Crippen LogP contribution in [0.15, 0.2) is 18.2 Å². The summed E-state index contributed by atoms with van der Waals surface area (Å²) < 4.78 is 14.1. The largest absolute Gasteiger partial charge is 0.365 e. The Morgan fingerprint density at radius 1 is 1.39 bits per heavy atom. The van der Waals surface area contributed by atoms with E-state index in [1.165, 1.54) is 6.07 Å². The Bertz CT molecular complexity index is 435. The van der Waals surface area contributed by atoms with Gasteiger partial charge in [0.05, 0.1) is 18.2 Å². The van der Waals surface area contributed by atoms with Gasteiger partial charge in [0.15, 0.2) is 0 Å². The highest BCUT2D eigenvalue weighted by atomic mass is 19.1. The maximum Gasteiger partial charge on any atom is 0.146 e. The fraction of sp³-hybridized carbons (Fsp3) is 0.500. The first kappa shape index (κ1) is 14.5. The SMILES string of the molecule is CC(C)N(CCC#N)c1c(F)cccc1[C@@H](C)N. The molecule has 0 aromatic heterocycles. The van der Waals surface area contributed by atoms with Gasteiger partial charge < -0.3 is 10.6 Å². The van der Waals surface area contributed by atoms with Crippen LogP contribution in [0.4, 0.5) is 10.1 Å². The molecule has 0 fully saturated rings. The number of para-hydroxylation sites is 1. The molecule has 0 amide bonds. The second-order valence-electron chi connectivity index (χ2n) is 4.66. The fourth-order valence-corrected chi connectivity index (χ4v) is 2.00. The maximum atomic E-state index is 14.1. The van der Waals surface area contributed by atoms with Crippen molar-refractivity contribution in [3.05, 3.63) is 29.6 Å². The quantitative estimate of drug-likeness (QED) is 0.872. The second-order valence-corrected chi connectivity index (χ2v) is 4.66. The van der Waals surface area contributed by atoms with Gasteiger partial charge in [0.25, 0.3) is 0 Å². The van der Waals surface area contributed by atoms with Crippen molar-refractivity contribution in [3.8, 4) is 6.07 Å². The predicted molar refractivity (Wildman–Crippen MR) is 71.7 cm³/mol. The molecule has 2 N–H and O–H groups in total. The van der Waals surface area contributed by atoms with Crippen LogP contribution in [0.3, 0.4) is 0 Å². The summed E-state index contributed by atoms with van der Waals surface area (Å²) in [4.78, 5) is 1.90. The van der Waals surface area contributed by atoms with Crippen molar-refractivity contribution in [2.24, 2.45) is 5.73 Å². The van der Waals surface area contributed by atoms with E-state index in [0.717, 1.165) is 5.56 Å². The van der Waals surface area contributed by atoms with Crippen LogP contribution < -0.4 is 10.6 Å². The minimum atomic E-state index is -0.281. The van der Waals surface area contributed by atoms with E-state index >= 15 is 0 Å². The van der Waals surface area contributed by atoms with E-state index in [4.69, 9.17) is 11.0 Å². The normalized spacial score (nSPS) is 12.3. The van der Waals surface area contributed by atoms with Crippen molar-refractivity contribution < 1.29 is 4.39 Å². The molecule has 0 radical (unpaired) electrons. The third-order valence-corrected chi connectivity index (χ3v) is 2.88. The molecular weight excluding hydrogens is 229 g/mol. The molecule has 98 valence electrons. The summed E-state index contributed by atoms with van der Waals surface area (Å²) in [7, 11) is 0. The number of nitrogens with zero attached hydrogens (tertiary/aromatic N) is 2. The summed E-state index contributed by atoms with van der Waals surface area (Å²) in [6.07, 6.45) is 0.366. The van der Waals surface area contributed by atoms with Crippen molar-refractivity contribution in [1.82, 2.24) is 0 Å². The first-order valence-electron chi connectivity index (χ1n) is 6.16. The lowest BCUT2D eigenvalue weighted by Crippen LogP contribution is -2.34. The number of hydrogen-bond donors (Lipinski definition) is 1. The Labute approximate surface area is 108 Å². The lowest BCUT2D eigenvalue weighted by molar-refractivity contribution is 0.593. The molecule has 1 aromatic rings. The Hall–Kier alpha value is -1.60. The zero-order valence-corrected chi connectivity index (χ0v) is 11.2. The van der Waals surface area contributed by atoms with Gasteiger partial charge in [-0.2, -0.15) is 5.26 Å². The fourth-order valence-electron chi connectivity index (χ4n) is 2.00. The monoisotopic (exact) mass is 249 g/mol. The third-order valence-electron chi connectivity index (χ3n) is 2.88. The zero-order valence-electron chi connectivity index (χ0n) is 11.2. The number of rotatable bonds is 5. The molecule has 0 bridgehead atoms. The van der Waals surface area contributed by atoms with E-state index < -0.39 is 0 Å². The molecule has 4 heteroatoms. The average molecular weight is 249 g/mol. The van der Waals surface area contributed by atoms with Gasteiger partial charge >= 0.3 is 0 Å². The topological polar surface area (TPSA) is 53.0 Å². The maximum absolute atomic E-state index is 14.1. The standard InChI is InChI=1S/C14H20FN3/c1-10(2)18(9-5-8-16)14-12(11(3)17)6-4-7-13(14)15/h4,6-7,10-11H,5,9,17H2,1-3H3/t11-/m1/s1. The molecule has 1 aromatic carbocycles. The third kappa shape index (κ3) is 3.21. The van der Waals surface area contributed by atoms with Crippen molar-refractivity contribution in [1.29, 1.82) is 5.26 Å². The van der Waals surface area contributed by atoms with Crippen LogP contribution in [-0.2, 0) is 0 Å². The van der Waals surface area contributed by atoms with E-state index in [1.54, 1.807) is 6.07 Å². The molecule has 18 heavy (non-hydrogen) atoms. The molecule has 0 spiro atoms. The van der Waals surface area contributed by atoms with Crippen LogP contribution in [0.25, 0.3) is 0 Å². The number of nitriles is 1. The summed E-state index contributed by atoms with van der Waals surface area (Å²) >= 11 is 0. The smallest absolute Gasteiger partial charge is 0.146 e. The number of anilines is 1. The zero-order chi connectivity index (χ0) is 13.7. The molecule has 0 aliphatic heterocycles. The lowest BCUT2D eigenvalue weighted by atomic mass is 10.0. The molecule has 0 aliphatic carbocycles. The van der Waals surface area contributed by atoms with Crippen LogP contribution in [0.1, 0.15) is 38.8 Å². The molecule has 1 atom stereocenters. The van der Waals surface area contributed by atoms with Crippen LogP contribution in [-0.4, -0.2) is 12.6 Å². The summed E-state index contributed by atoms with van der Waals surface area (Å²) in [6.45, 7) is 6.31. The van der Waals surface area contributed by atoms with Crippen LogP contribution >= 0.6 is 0 Å². The van der Waals surface area contributed by atoms with Gasteiger partial charge in [0, 0.05) is 18.6 Å². The minimum Gasteiger partial charge on any atom is -0.365 e. The van der Waals surface area contributed by atoms with Gasteiger partial charge in [-0.25, -0.2) is 4.39 Å². The highest BCUT2D eigenvalue weighted by molar-refractivity contribution is 5.56. The van der Waals surface area contributed by atoms with Gasteiger partial charge in [-0.1, -0.05) is 12.1 Å². The van der Waals surface area contributed by atoms with Gasteiger partial charge in [0.1, 0.15) is 5.82 Å². The first-order valence-corrected chi connectivity index (χ1v) is 6.16. The first-order chi connectivity index (χ1) is 8.49. The molecule has 3 nitrogen and oxygen atoms in total. The van der Waals surface area contributed by atoms with Gasteiger partial charge in [0.2, 0.25) is 0 Å². The molecule has 0 saturated carbocycles. The van der Waals surface area contributed by atoms with Crippen molar-refractivity contribution in [2.45, 2.75) is 39.3 Å². The van der Waals surface area contributed by atoms with E-state index in [1.807, 2.05) is 31.7 Å². The van der Waals surface area contributed by atoms with Gasteiger partial charge in [-0.05, 0) is 32.4 Å². The second kappa shape index (κ2) is 6.36. The molecular formula is C14H20FN3. The van der Waals surface area contributed by atoms with E-state index in [0.29, 0.717) is 18.7 Å². The molecule has 0 unspecified atom stereocenters. The van der Waals surface area contributed by atoms with Crippen molar-refractivity contribution >= 4 is 5.69 Å². The highest BCUT2D eigenvalue weighted by Crippen LogP contribution is 2.29. The summed E-state index contributed by atoms with van der Waals surface area (Å²) in [5.41, 5.74) is 7.20. The predicted octanol–water partition coefficient (Wildman–Crippen LogP) is 2.97. The van der Waals surface area contributed by atoms with Crippen molar-refractivity contribution in [2.75, 3.05) is 11.4 Å². The molecule has 0 saturated heterocycles. The Kier molecular flexibility index (Phi) is 5.11. The van der Waals surface area contributed by atoms with Crippen molar-refractivity contribution in [3.63, 3.8) is 0 Å². The summed E-state index contributed by atoms with van der Waals surface area (Å²) in [6, 6.07) is 6.92. The number of nitrogens with two attached hydrogens (primary N) is 1. The molecule has 1 rings (SSSR count). The Morgan fingerprint density at radius 2 is 2.06 bits per heavy atom. The van der Waals surface area contributed by atoms with Gasteiger partial charge in [-0.15, -0.1) is 0 Å². The van der Waals surface area contributed by atoms with Crippen LogP contribution in [0.2, 0.25) is 0 Å². The number of benzene rings is 1. The Morgan fingerprint density at radius 3 is 2.56 bits per heavy atom. The van der Waals surface area contributed by atoms with Gasteiger partial charge in [-0.3, -0.25) is 0 Å². The summed E-state index contributed by atoms with van der Waals surface area (Å²) in [5.74, 6) is -0.281. The number of hydrogen-bond acceptors (Lipinski definition) is 3. The molecule has 0 aliphatic rings. The Balaban J connectivity index is 3.22. The van der Waals surface area contributed by atoms with Crippen LogP contribution in [0.5, 0.6) is 0 Å². The van der Waals surface area contributed by atoms with E-state index in [2.05, 4.69) is 6.07 Å². The number of halogens is 1. The minimum absolute atomic E-state index is 0.118. The van der Waals surface area contributed by atoms with Crippen LogP contribution in [0, 0.1) is 17.1 Å². The average Bonchev–Trinajstić information content (AvgIpc) is 2.30. The van der Waals surface area contributed by atoms with E-state index in [-0.39, 0.29) is 17.9 Å². The molecule has 0 heterocycles. The lowest BCUT2D eigenvalue weighted by Gasteiger charge is -2.31.